The maximum absolute atomic E-state index is 11.1. The molecule has 0 unspecified atom stereocenters. The summed E-state index contributed by atoms with van der Waals surface area (Å²) < 4.78 is 1.18. The van der Waals surface area contributed by atoms with Gasteiger partial charge in [-0.05, 0) is 6.42 Å². The predicted molar refractivity (Wildman–Crippen MR) is 53.1 cm³/mol. The Bertz CT molecular complexity index is 343. The van der Waals surface area contributed by atoms with Crippen LogP contribution in [0.5, 0.6) is 0 Å². The van der Waals surface area contributed by atoms with Crippen molar-refractivity contribution in [3.63, 3.8) is 0 Å². The van der Waals surface area contributed by atoms with Crippen LogP contribution < -0.4 is 11.1 Å². The van der Waals surface area contributed by atoms with E-state index in [4.69, 9.17) is 11.1 Å². The molecule has 1 heterocycles. The van der Waals surface area contributed by atoms with Crippen LogP contribution in [0.15, 0.2) is 12.3 Å². The first kappa shape index (κ1) is 10.2. The molecule has 1 rings (SSSR count). The maximum atomic E-state index is 11.1. The Morgan fingerprint density at radius 3 is 3.00 bits per heavy atom. The number of hydrogen-bond donors (Lipinski definition) is 3. The van der Waals surface area contributed by atoms with Crippen molar-refractivity contribution in [3.05, 3.63) is 12.3 Å². The minimum absolute atomic E-state index is 0.0821. The molecule has 0 saturated carbocycles. The number of carbonyl (C=O) groups is 1. The molecule has 1 aromatic heterocycles. The third-order valence-electron chi connectivity index (χ3n) is 1.58. The molecule has 1 aromatic rings. The number of carbonyl (C=O) groups excluding carboxylic acids is 1. The Labute approximate surface area is 81.6 Å². The third-order valence-corrected chi connectivity index (χ3v) is 1.58. The number of nitrogens with zero attached hydrogens (tertiary/aromatic N) is 2. The van der Waals surface area contributed by atoms with E-state index < -0.39 is 0 Å². The number of nitrogen functional groups attached to an aromatic ring is 1. The fourth-order valence-corrected chi connectivity index (χ4v) is 0.957. The summed E-state index contributed by atoms with van der Waals surface area (Å²) in [6.07, 6.45) is 2.77. The van der Waals surface area contributed by atoms with Crippen LogP contribution >= 0.6 is 0 Å². The molecule has 0 fully saturated rings. The van der Waals surface area contributed by atoms with Gasteiger partial charge in [-0.1, -0.05) is 6.92 Å². The molecule has 14 heavy (non-hydrogen) atoms. The van der Waals surface area contributed by atoms with Crippen molar-refractivity contribution in [2.24, 2.45) is 5.73 Å². The van der Waals surface area contributed by atoms with Gasteiger partial charge in [-0.25, -0.2) is 4.68 Å². The van der Waals surface area contributed by atoms with Gasteiger partial charge in [-0.2, -0.15) is 0 Å². The second kappa shape index (κ2) is 4.40. The largest absolute Gasteiger partial charge is 0.368 e. The number of amides is 1. The molecular weight excluding hydrogens is 182 g/mol. The van der Waals surface area contributed by atoms with Crippen LogP contribution in [0.1, 0.15) is 19.8 Å². The van der Waals surface area contributed by atoms with Gasteiger partial charge >= 0.3 is 0 Å². The monoisotopic (exact) mass is 195 g/mol. The summed E-state index contributed by atoms with van der Waals surface area (Å²) in [7, 11) is 0. The van der Waals surface area contributed by atoms with Gasteiger partial charge in [0.15, 0.2) is 5.82 Å². The summed E-state index contributed by atoms with van der Waals surface area (Å²) in [5, 5.41) is 13.5. The smallest absolute Gasteiger partial charge is 0.225 e. The van der Waals surface area contributed by atoms with Crippen molar-refractivity contribution in [1.82, 2.24) is 9.78 Å². The fourth-order valence-electron chi connectivity index (χ4n) is 0.957. The van der Waals surface area contributed by atoms with Crippen molar-refractivity contribution < 1.29 is 4.79 Å². The van der Waals surface area contributed by atoms with Crippen LogP contribution in [0.25, 0.3) is 0 Å². The van der Waals surface area contributed by atoms with Gasteiger partial charge in [0.2, 0.25) is 11.9 Å². The van der Waals surface area contributed by atoms with Crippen LogP contribution in [-0.4, -0.2) is 21.6 Å². The summed E-state index contributed by atoms with van der Waals surface area (Å²) >= 11 is 0. The predicted octanol–water partition coefficient (Wildman–Crippen LogP) is 0.363. The van der Waals surface area contributed by atoms with E-state index in [1.165, 1.54) is 10.9 Å². The topological polar surface area (TPSA) is 96.8 Å². The number of aromatic nitrogens is 2. The van der Waals surface area contributed by atoms with E-state index in [1.807, 2.05) is 6.92 Å². The lowest BCUT2D eigenvalue weighted by Gasteiger charge is -1.99. The van der Waals surface area contributed by atoms with Crippen molar-refractivity contribution in [2.75, 3.05) is 5.32 Å². The van der Waals surface area contributed by atoms with Crippen LogP contribution in [0, 0.1) is 5.41 Å². The van der Waals surface area contributed by atoms with Crippen molar-refractivity contribution in [1.29, 1.82) is 5.41 Å². The molecule has 0 aliphatic rings. The minimum atomic E-state index is -0.180. The zero-order valence-corrected chi connectivity index (χ0v) is 7.95. The summed E-state index contributed by atoms with van der Waals surface area (Å²) in [5.41, 5.74) is 5.19. The Balaban J connectivity index is 2.59. The minimum Gasteiger partial charge on any atom is -0.368 e. The van der Waals surface area contributed by atoms with Gasteiger partial charge in [0.25, 0.3) is 0 Å². The first-order valence-electron chi connectivity index (χ1n) is 4.33. The summed E-state index contributed by atoms with van der Waals surface area (Å²) in [6.45, 7) is 1.92. The molecule has 0 aromatic carbocycles. The van der Waals surface area contributed by atoms with Gasteiger partial charge in [0, 0.05) is 18.7 Å². The highest BCUT2D eigenvalue weighted by atomic mass is 16.1. The van der Waals surface area contributed by atoms with Crippen molar-refractivity contribution in [2.45, 2.75) is 19.8 Å². The van der Waals surface area contributed by atoms with Crippen LogP contribution in [-0.2, 0) is 4.79 Å². The zero-order valence-electron chi connectivity index (χ0n) is 7.95. The zero-order chi connectivity index (χ0) is 10.6. The lowest BCUT2D eigenvalue weighted by atomic mass is 10.3. The second-order valence-corrected chi connectivity index (χ2v) is 2.83. The highest BCUT2D eigenvalue weighted by molar-refractivity contribution is 5.89. The molecular formula is C8H13N5O. The standard InChI is InChI=1S/C8H13N5O/c1-2-3-7(14)11-6-4-5-13(12-6)8(9)10/h4-5H,2-3H2,1H3,(H3,9,10)(H,11,12,14). The van der Waals surface area contributed by atoms with Gasteiger partial charge in [0.1, 0.15) is 0 Å². The van der Waals surface area contributed by atoms with Gasteiger partial charge < -0.3 is 11.1 Å². The van der Waals surface area contributed by atoms with E-state index in [1.54, 1.807) is 6.07 Å². The van der Waals surface area contributed by atoms with E-state index in [9.17, 15) is 4.79 Å². The molecule has 0 atom stereocenters. The lowest BCUT2D eigenvalue weighted by Crippen LogP contribution is -2.21. The Kier molecular flexibility index (Phi) is 3.22. The average Bonchev–Trinajstić information content (AvgIpc) is 2.53. The Hall–Kier alpha value is -1.85. The number of hydrogen-bond acceptors (Lipinski definition) is 3. The highest BCUT2D eigenvalue weighted by Gasteiger charge is 2.04. The molecule has 0 spiro atoms. The molecule has 6 heteroatoms. The SMILES string of the molecule is CCCC(=O)Nc1ccn(C(=N)N)n1. The van der Waals surface area contributed by atoms with Gasteiger partial charge in [0.05, 0.1) is 0 Å². The van der Waals surface area contributed by atoms with Crippen LogP contribution in [0.2, 0.25) is 0 Å². The number of anilines is 1. The maximum Gasteiger partial charge on any atom is 0.225 e. The van der Waals surface area contributed by atoms with E-state index in [2.05, 4.69) is 10.4 Å². The quantitative estimate of drug-likeness (QED) is 0.480. The first-order valence-corrected chi connectivity index (χ1v) is 4.33. The van der Waals surface area contributed by atoms with E-state index in [0.29, 0.717) is 12.2 Å². The summed E-state index contributed by atoms with van der Waals surface area (Å²) in [5.74, 6) is 0.154. The highest BCUT2D eigenvalue weighted by Crippen LogP contribution is 2.02. The van der Waals surface area contributed by atoms with E-state index in [-0.39, 0.29) is 11.9 Å². The van der Waals surface area contributed by atoms with E-state index >= 15 is 0 Å². The van der Waals surface area contributed by atoms with E-state index in [0.717, 1.165) is 6.42 Å². The molecule has 0 radical (unpaired) electrons. The molecule has 0 aliphatic carbocycles. The Morgan fingerprint density at radius 1 is 1.79 bits per heavy atom. The molecule has 0 aliphatic heterocycles. The first-order chi connectivity index (χ1) is 6.63. The van der Waals surface area contributed by atoms with Crippen molar-refractivity contribution in [3.8, 4) is 0 Å². The number of nitrogens with one attached hydrogen (secondary N) is 2. The fraction of sp³-hybridized carbons (Fsp3) is 0.375. The molecule has 1 amide bonds. The molecule has 0 bridgehead atoms. The Morgan fingerprint density at radius 2 is 2.50 bits per heavy atom. The molecule has 4 N–H and O–H groups in total. The number of rotatable bonds is 3. The molecule has 76 valence electrons. The molecule has 6 nitrogen and oxygen atoms in total. The third kappa shape index (κ3) is 2.58. The normalized spacial score (nSPS) is 9.79. The van der Waals surface area contributed by atoms with Crippen molar-refractivity contribution >= 4 is 17.7 Å². The summed E-state index contributed by atoms with van der Waals surface area (Å²) in [4.78, 5) is 11.1. The lowest BCUT2D eigenvalue weighted by molar-refractivity contribution is -0.116. The summed E-state index contributed by atoms with van der Waals surface area (Å²) in [6, 6.07) is 1.59. The average molecular weight is 195 g/mol. The van der Waals surface area contributed by atoms with Crippen LogP contribution in [0.3, 0.4) is 0 Å². The van der Waals surface area contributed by atoms with Crippen LogP contribution in [0.4, 0.5) is 5.82 Å². The number of nitrogens with two attached hydrogens (primary N) is 1. The molecule has 0 saturated heterocycles. The second-order valence-electron chi connectivity index (χ2n) is 2.83. The van der Waals surface area contributed by atoms with Gasteiger partial charge in [-0.3, -0.25) is 10.2 Å². The van der Waals surface area contributed by atoms with Gasteiger partial charge in [-0.15, -0.1) is 5.10 Å².